The lowest BCUT2D eigenvalue weighted by molar-refractivity contribution is -0.121. The first kappa shape index (κ1) is 13.4. The van der Waals surface area contributed by atoms with Gasteiger partial charge in [0.05, 0.1) is 17.1 Å². The molecular weight excluding hydrogens is 320 g/mol. The maximum atomic E-state index is 12.3. The van der Waals surface area contributed by atoms with Crippen molar-refractivity contribution in [1.29, 1.82) is 0 Å². The number of hydrogen-bond donors (Lipinski definition) is 1. The Labute approximate surface area is 118 Å². The zero-order valence-electron chi connectivity index (χ0n) is 9.58. The lowest BCUT2D eigenvalue weighted by Crippen LogP contribution is -2.37. The minimum absolute atomic E-state index is 0.0850. The van der Waals surface area contributed by atoms with E-state index in [4.69, 9.17) is 11.6 Å². The van der Waals surface area contributed by atoms with Gasteiger partial charge in [0.2, 0.25) is 5.91 Å². The van der Waals surface area contributed by atoms with E-state index in [1.807, 2.05) is 0 Å². The summed E-state index contributed by atoms with van der Waals surface area (Å²) in [6.07, 6.45) is 0.753. The third kappa shape index (κ3) is 2.84. The topological polar surface area (TPSA) is 49.4 Å². The van der Waals surface area contributed by atoms with Crippen LogP contribution in [0.5, 0.6) is 0 Å². The molecule has 1 aromatic carbocycles. The molecule has 0 bridgehead atoms. The van der Waals surface area contributed by atoms with E-state index < -0.39 is 0 Å². The second kappa shape index (κ2) is 5.71. The van der Waals surface area contributed by atoms with Gasteiger partial charge in [0.15, 0.2) is 0 Å². The molecule has 2 rings (SSSR count). The lowest BCUT2D eigenvalue weighted by Gasteiger charge is -2.19. The minimum Gasteiger partial charge on any atom is -0.354 e. The molecule has 96 valence electrons. The van der Waals surface area contributed by atoms with Gasteiger partial charge in [-0.25, -0.2) is 0 Å². The van der Waals surface area contributed by atoms with Gasteiger partial charge < -0.3 is 10.2 Å². The zero-order chi connectivity index (χ0) is 13.1. The van der Waals surface area contributed by atoms with Crippen LogP contribution in [0.4, 0.5) is 0 Å². The van der Waals surface area contributed by atoms with Crippen molar-refractivity contribution in [3.05, 3.63) is 33.3 Å². The molecule has 1 aliphatic rings. The largest absolute Gasteiger partial charge is 0.354 e. The van der Waals surface area contributed by atoms with Crippen molar-refractivity contribution >= 4 is 39.3 Å². The van der Waals surface area contributed by atoms with Crippen molar-refractivity contribution < 1.29 is 9.59 Å². The van der Waals surface area contributed by atoms with E-state index in [1.165, 1.54) is 4.90 Å². The van der Waals surface area contributed by atoms with Crippen LogP contribution in [0.1, 0.15) is 16.8 Å². The van der Waals surface area contributed by atoms with Crippen LogP contribution < -0.4 is 5.32 Å². The fraction of sp³-hybridized carbons (Fsp3) is 0.333. The molecule has 0 saturated carbocycles. The first-order valence-corrected chi connectivity index (χ1v) is 6.76. The number of carbonyl (C=O) groups is 2. The molecule has 0 radical (unpaired) electrons. The molecule has 0 unspecified atom stereocenters. The van der Waals surface area contributed by atoms with E-state index in [9.17, 15) is 9.59 Å². The number of benzene rings is 1. The van der Waals surface area contributed by atoms with Gasteiger partial charge in [0, 0.05) is 17.6 Å². The van der Waals surface area contributed by atoms with E-state index >= 15 is 0 Å². The molecule has 0 spiro atoms. The Morgan fingerprint density at radius 1 is 1.44 bits per heavy atom. The molecule has 0 aromatic heterocycles. The highest BCUT2D eigenvalue weighted by molar-refractivity contribution is 9.10. The van der Waals surface area contributed by atoms with Crippen molar-refractivity contribution in [2.24, 2.45) is 0 Å². The van der Waals surface area contributed by atoms with Crippen LogP contribution in [0.2, 0.25) is 5.02 Å². The van der Waals surface area contributed by atoms with Crippen LogP contribution in [-0.4, -0.2) is 36.3 Å². The second-order valence-electron chi connectivity index (χ2n) is 4.03. The van der Waals surface area contributed by atoms with Crippen LogP contribution >= 0.6 is 27.5 Å². The minimum atomic E-state index is -0.210. The predicted octanol–water partition coefficient (Wildman–Crippen LogP) is 2.06. The van der Waals surface area contributed by atoms with Gasteiger partial charge in [-0.1, -0.05) is 17.7 Å². The maximum absolute atomic E-state index is 12.3. The van der Waals surface area contributed by atoms with E-state index in [0.717, 1.165) is 6.42 Å². The molecular formula is C12H12BrClN2O2. The summed E-state index contributed by atoms with van der Waals surface area (Å²) in [7, 11) is 0. The summed E-state index contributed by atoms with van der Waals surface area (Å²) < 4.78 is 0.675. The van der Waals surface area contributed by atoms with Crippen molar-refractivity contribution in [3.8, 4) is 0 Å². The Bertz CT molecular complexity index is 493. The fourth-order valence-corrected chi connectivity index (χ4v) is 2.39. The summed E-state index contributed by atoms with van der Waals surface area (Å²) in [4.78, 5) is 25.3. The van der Waals surface area contributed by atoms with E-state index in [0.29, 0.717) is 28.1 Å². The third-order valence-electron chi connectivity index (χ3n) is 2.73. The van der Waals surface area contributed by atoms with Gasteiger partial charge in [-0.15, -0.1) is 0 Å². The van der Waals surface area contributed by atoms with Crippen molar-refractivity contribution in [2.45, 2.75) is 6.42 Å². The van der Waals surface area contributed by atoms with Crippen LogP contribution in [0.3, 0.4) is 0 Å². The number of rotatable bonds is 1. The smallest absolute Gasteiger partial charge is 0.255 e. The first-order chi connectivity index (χ1) is 8.59. The second-order valence-corrected chi connectivity index (χ2v) is 5.26. The number of carbonyl (C=O) groups excluding carboxylic acids is 2. The third-order valence-corrected chi connectivity index (χ3v) is 4.03. The Morgan fingerprint density at radius 2 is 2.22 bits per heavy atom. The van der Waals surface area contributed by atoms with E-state index in [-0.39, 0.29) is 18.4 Å². The van der Waals surface area contributed by atoms with Crippen molar-refractivity contribution in [1.82, 2.24) is 10.2 Å². The highest BCUT2D eigenvalue weighted by Gasteiger charge is 2.23. The predicted molar refractivity (Wildman–Crippen MR) is 72.7 cm³/mol. The molecule has 1 heterocycles. The molecule has 1 fully saturated rings. The van der Waals surface area contributed by atoms with Crippen molar-refractivity contribution in [3.63, 3.8) is 0 Å². The molecule has 1 saturated heterocycles. The zero-order valence-corrected chi connectivity index (χ0v) is 11.9. The Morgan fingerprint density at radius 3 is 3.00 bits per heavy atom. The van der Waals surface area contributed by atoms with Crippen LogP contribution in [0.15, 0.2) is 22.7 Å². The highest BCUT2D eigenvalue weighted by atomic mass is 79.9. The monoisotopic (exact) mass is 330 g/mol. The summed E-state index contributed by atoms with van der Waals surface area (Å²) in [6, 6.07) is 5.19. The van der Waals surface area contributed by atoms with Gasteiger partial charge in [-0.05, 0) is 34.5 Å². The van der Waals surface area contributed by atoms with E-state index in [1.54, 1.807) is 18.2 Å². The van der Waals surface area contributed by atoms with Gasteiger partial charge in [0.1, 0.15) is 0 Å². The van der Waals surface area contributed by atoms with Crippen LogP contribution in [-0.2, 0) is 4.79 Å². The summed E-state index contributed by atoms with van der Waals surface area (Å²) in [6.45, 7) is 1.25. The van der Waals surface area contributed by atoms with Gasteiger partial charge >= 0.3 is 0 Å². The first-order valence-electron chi connectivity index (χ1n) is 5.59. The average molecular weight is 332 g/mol. The Balaban J connectivity index is 2.24. The molecule has 0 aliphatic carbocycles. The van der Waals surface area contributed by atoms with Gasteiger partial charge in [-0.3, -0.25) is 9.59 Å². The van der Waals surface area contributed by atoms with Gasteiger partial charge in [0.25, 0.3) is 5.91 Å². The maximum Gasteiger partial charge on any atom is 0.255 e. The average Bonchev–Trinajstić information content (AvgIpc) is 2.56. The van der Waals surface area contributed by atoms with Crippen LogP contribution in [0.25, 0.3) is 0 Å². The summed E-state index contributed by atoms with van der Waals surface area (Å²) in [5.74, 6) is -0.342. The molecule has 1 N–H and O–H groups in total. The molecule has 4 nitrogen and oxygen atoms in total. The molecule has 0 atom stereocenters. The van der Waals surface area contributed by atoms with Crippen LogP contribution in [0, 0.1) is 0 Å². The molecule has 18 heavy (non-hydrogen) atoms. The number of halogens is 2. The van der Waals surface area contributed by atoms with E-state index in [2.05, 4.69) is 21.2 Å². The normalized spacial score (nSPS) is 16.1. The summed E-state index contributed by atoms with van der Waals surface area (Å²) >= 11 is 9.37. The molecule has 1 aromatic rings. The number of nitrogens with zero attached hydrogens (tertiary/aromatic N) is 1. The SMILES string of the molecule is O=C1CN(C(=O)c2cccc(Br)c2Cl)CCCN1. The number of hydrogen-bond acceptors (Lipinski definition) is 2. The Kier molecular flexibility index (Phi) is 4.24. The molecule has 6 heteroatoms. The Hall–Kier alpha value is -1.07. The summed E-state index contributed by atoms with van der Waals surface area (Å²) in [5.41, 5.74) is 0.417. The van der Waals surface area contributed by atoms with Crippen molar-refractivity contribution in [2.75, 3.05) is 19.6 Å². The fourth-order valence-electron chi connectivity index (χ4n) is 1.82. The highest BCUT2D eigenvalue weighted by Crippen LogP contribution is 2.27. The molecule has 2 amide bonds. The number of nitrogens with one attached hydrogen (secondary N) is 1. The molecule has 1 aliphatic heterocycles. The lowest BCUT2D eigenvalue weighted by atomic mass is 10.2. The number of amides is 2. The summed E-state index contributed by atoms with van der Waals surface area (Å²) in [5, 5.41) is 3.11. The standard InChI is InChI=1S/C12H12BrClN2O2/c13-9-4-1-3-8(11(9)14)12(18)16-6-2-5-15-10(17)7-16/h1,3-4H,2,5-7H2,(H,15,17). The van der Waals surface area contributed by atoms with Gasteiger partial charge in [-0.2, -0.15) is 0 Å². The quantitative estimate of drug-likeness (QED) is 0.856.